The second kappa shape index (κ2) is 4.51. The molecule has 1 aliphatic carbocycles. The van der Waals surface area contributed by atoms with Gasteiger partial charge in [0.05, 0.1) is 0 Å². The van der Waals surface area contributed by atoms with Crippen LogP contribution in [-0.2, 0) is 4.79 Å². The lowest BCUT2D eigenvalue weighted by Crippen LogP contribution is -1.93. The fraction of sp³-hybridized carbons (Fsp3) is 0.0769. The highest BCUT2D eigenvalue weighted by atomic mass is 16.1. The van der Waals surface area contributed by atoms with Crippen molar-refractivity contribution in [2.45, 2.75) is 6.42 Å². The summed E-state index contributed by atoms with van der Waals surface area (Å²) in [7, 11) is 0. The second-order valence-corrected chi connectivity index (χ2v) is 3.28. The number of carbonyl (C=O) groups excluding carboxylic acids is 1. The number of ketones is 1. The Kier molecular flexibility index (Phi) is 2.88. The van der Waals surface area contributed by atoms with E-state index in [0.29, 0.717) is 0 Å². The Morgan fingerprint density at radius 2 is 2.13 bits per heavy atom. The zero-order chi connectivity index (χ0) is 10.5. The van der Waals surface area contributed by atoms with Crippen LogP contribution in [0.25, 0.3) is 6.08 Å². The molecule has 1 aliphatic rings. The molecule has 0 spiro atoms. The molecule has 0 N–H and O–H groups in total. The summed E-state index contributed by atoms with van der Waals surface area (Å²) in [6.07, 6.45) is 13.4. The predicted molar refractivity (Wildman–Crippen MR) is 60.1 cm³/mol. The first-order chi connectivity index (χ1) is 7.36. The highest BCUT2D eigenvalue weighted by Crippen LogP contribution is 2.11. The van der Waals surface area contributed by atoms with Crippen molar-refractivity contribution < 1.29 is 4.79 Å². The van der Waals surface area contributed by atoms with Gasteiger partial charge < -0.3 is 0 Å². The van der Waals surface area contributed by atoms with Crippen molar-refractivity contribution in [3.63, 3.8) is 0 Å². The van der Waals surface area contributed by atoms with Gasteiger partial charge in [-0.15, -0.1) is 0 Å². The molecule has 15 heavy (non-hydrogen) atoms. The van der Waals surface area contributed by atoms with E-state index in [4.69, 9.17) is 0 Å². The zero-order valence-electron chi connectivity index (χ0n) is 8.26. The molecule has 1 heterocycles. The Bertz CT molecular complexity index is 441. The maximum Gasteiger partial charge on any atom is 0.185 e. The molecule has 0 saturated heterocycles. The average Bonchev–Trinajstić information content (AvgIpc) is 2.81. The van der Waals surface area contributed by atoms with E-state index in [1.165, 1.54) is 0 Å². The molecule has 0 bridgehead atoms. The molecule has 0 unspecified atom stereocenters. The number of hydrogen-bond donors (Lipinski definition) is 0. The van der Waals surface area contributed by atoms with Crippen molar-refractivity contribution in [2.24, 2.45) is 0 Å². The van der Waals surface area contributed by atoms with E-state index in [9.17, 15) is 4.79 Å². The normalized spacial score (nSPS) is 14.5. The topological polar surface area (TPSA) is 30.0 Å². The maximum atomic E-state index is 11.6. The SMILES string of the molecule is O=C(/C=C/c1ccncc1)C1=CCC=C1. The highest BCUT2D eigenvalue weighted by Gasteiger charge is 2.04. The predicted octanol–water partition coefficient (Wildman–Crippen LogP) is 2.55. The number of hydrogen-bond acceptors (Lipinski definition) is 2. The molecular formula is C13H11NO. The summed E-state index contributed by atoms with van der Waals surface area (Å²) in [5, 5.41) is 0. The number of aromatic nitrogens is 1. The van der Waals surface area contributed by atoms with Crippen LogP contribution in [0.15, 0.2) is 54.4 Å². The van der Waals surface area contributed by atoms with Gasteiger partial charge in [0.15, 0.2) is 5.78 Å². The van der Waals surface area contributed by atoms with Crippen LogP contribution < -0.4 is 0 Å². The van der Waals surface area contributed by atoms with Crippen LogP contribution in [0.4, 0.5) is 0 Å². The van der Waals surface area contributed by atoms with Crippen LogP contribution in [0.2, 0.25) is 0 Å². The Hall–Kier alpha value is -1.96. The quantitative estimate of drug-likeness (QED) is 0.697. The number of nitrogens with zero attached hydrogens (tertiary/aromatic N) is 1. The Morgan fingerprint density at radius 3 is 2.80 bits per heavy atom. The summed E-state index contributed by atoms with van der Waals surface area (Å²) < 4.78 is 0. The van der Waals surface area contributed by atoms with Gasteiger partial charge in [-0.2, -0.15) is 0 Å². The molecule has 1 aromatic heterocycles. The highest BCUT2D eigenvalue weighted by molar-refractivity contribution is 6.08. The zero-order valence-corrected chi connectivity index (χ0v) is 8.26. The molecular weight excluding hydrogens is 186 g/mol. The Morgan fingerprint density at radius 1 is 1.33 bits per heavy atom. The lowest BCUT2D eigenvalue weighted by molar-refractivity contribution is -0.111. The third-order valence-corrected chi connectivity index (χ3v) is 2.19. The van der Waals surface area contributed by atoms with E-state index >= 15 is 0 Å². The minimum atomic E-state index is 0.0561. The van der Waals surface area contributed by atoms with Crippen LogP contribution in [-0.4, -0.2) is 10.8 Å². The third-order valence-electron chi connectivity index (χ3n) is 2.19. The molecule has 0 aliphatic heterocycles. The molecule has 2 nitrogen and oxygen atoms in total. The van der Waals surface area contributed by atoms with E-state index in [1.807, 2.05) is 30.4 Å². The van der Waals surface area contributed by atoms with Crippen LogP contribution in [0.3, 0.4) is 0 Å². The van der Waals surface area contributed by atoms with Gasteiger partial charge in [-0.25, -0.2) is 0 Å². The summed E-state index contributed by atoms with van der Waals surface area (Å²) in [6.45, 7) is 0. The minimum absolute atomic E-state index is 0.0561. The van der Waals surface area contributed by atoms with Gasteiger partial charge >= 0.3 is 0 Å². The van der Waals surface area contributed by atoms with Crippen molar-refractivity contribution in [1.29, 1.82) is 0 Å². The fourth-order valence-corrected chi connectivity index (χ4v) is 1.38. The third kappa shape index (κ3) is 2.50. The second-order valence-electron chi connectivity index (χ2n) is 3.28. The largest absolute Gasteiger partial charge is 0.289 e. The average molecular weight is 197 g/mol. The van der Waals surface area contributed by atoms with Crippen LogP contribution in [0.5, 0.6) is 0 Å². The standard InChI is InChI=1S/C13H11NO/c15-13(12-3-1-2-4-12)6-5-11-7-9-14-10-8-11/h1,3-10H,2H2/b6-5+. The monoisotopic (exact) mass is 197 g/mol. The van der Waals surface area contributed by atoms with Crippen molar-refractivity contribution in [1.82, 2.24) is 4.98 Å². The van der Waals surface area contributed by atoms with E-state index in [-0.39, 0.29) is 5.78 Å². The Balaban J connectivity index is 2.06. The fourth-order valence-electron chi connectivity index (χ4n) is 1.38. The summed E-state index contributed by atoms with van der Waals surface area (Å²) in [6, 6.07) is 3.73. The molecule has 0 amide bonds. The van der Waals surface area contributed by atoms with Crippen molar-refractivity contribution in [2.75, 3.05) is 0 Å². The summed E-state index contributed by atoms with van der Waals surface area (Å²) in [4.78, 5) is 15.5. The lowest BCUT2D eigenvalue weighted by atomic mass is 10.1. The van der Waals surface area contributed by atoms with Gasteiger partial charge in [0, 0.05) is 18.0 Å². The van der Waals surface area contributed by atoms with E-state index in [1.54, 1.807) is 24.5 Å². The van der Waals surface area contributed by atoms with Gasteiger partial charge in [0.25, 0.3) is 0 Å². The molecule has 0 radical (unpaired) electrons. The van der Waals surface area contributed by atoms with E-state index in [2.05, 4.69) is 4.98 Å². The van der Waals surface area contributed by atoms with Crippen molar-refractivity contribution >= 4 is 11.9 Å². The number of carbonyl (C=O) groups is 1. The van der Waals surface area contributed by atoms with Crippen molar-refractivity contribution in [3.8, 4) is 0 Å². The van der Waals surface area contributed by atoms with Crippen molar-refractivity contribution in [3.05, 3.63) is 60.0 Å². The van der Waals surface area contributed by atoms with Crippen LogP contribution in [0, 0.1) is 0 Å². The smallest absolute Gasteiger partial charge is 0.185 e. The first kappa shape index (κ1) is 9.59. The maximum absolute atomic E-state index is 11.6. The van der Waals surface area contributed by atoms with Crippen LogP contribution >= 0.6 is 0 Å². The van der Waals surface area contributed by atoms with E-state index in [0.717, 1.165) is 17.6 Å². The minimum Gasteiger partial charge on any atom is -0.289 e. The van der Waals surface area contributed by atoms with Gasteiger partial charge in [-0.05, 0) is 30.2 Å². The van der Waals surface area contributed by atoms with E-state index < -0.39 is 0 Å². The van der Waals surface area contributed by atoms with Gasteiger partial charge in [-0.3, -0.25) is 9.78 Å². The number of pyridine rings is 1. The van der Waals surface area contributed by atoms with Gasteiger partial charge in [0.2, 0.25) is 0 Å². The van der Waals surface area contributed by atoms with Crippen LogP contribution in [0.1, 0.15) is 12.0 Å². The first-order valence-electron chi connectivity index (χ1n) is 4.85. The molecule has 0 aromatic carbocycles. The summed E-state index contributed by atoms with van der Waals surface area (Å²) in [5.74, 6) is 0.0561. The molecule has 0 saturated carbocycles. The van der Waals surface area contributed by atoms with Gasteiger partial charge in [0.1, 0.15) is 0 Å². The molecule has 1 aromatic rings. The molecule has 2 heteroatoms. The molecule has 74 valence electrons. The number of allylic oxidation sites excluding steroid dienone is 5. The summed E-state index contributed by atoms with van der Waals surface area (Å²) in [5.41, 5.74) is 1.77. The van der Waals surface area contributed by atoms with Gasteiger partial charge in [-0.1, -0.05) is 24.3 Å². The first-order valence-corrected chi connectivity index (χ1v) is 4.85. The number of rotatable bonds is 3. The molecule has 0 fully saturated rings. The lowest BCUT2D eigenvalue weighted by Gasteiger charge is -1.92. The molecule has 2 rings (SSSR count). The molecule has 0 atom stereocenters. The Labute approximate surface area is 88.7 Å². The summed E-state index contributed by atoms with van der Waals surface area (Å²) >= 11 is 0.